The lowest BCUT2D eigenvalue weighted by Crippen LogP contribution is -2.17. The Hall–Kier alpha value is -3.08. The number of fused-ring (bicyclic) bond motifs is 3. The summed E-state index contributed by atoms with van der Waals surface area (Å²) in [5.41, 5.74) is 7.93. The van der Waals surface area contributed by atoms with Gasteiger partial charge in [0, 0.05) is 22.2 Å². The van der Waals surface area contributed by atoms with Crippen LogP contribution >= 0.6 is 0 Å². The summed E-state index contributed by atoms with van der Waals surface area (Å²) in [5.74, 6) is 0.617. The molecule has 0 radical (unpaired) electrons. The van der Waals surface area contributed by atoms with E-state index in [0.717, 1.165) is 35.1 Å². The Bertz CT molecular complexity index is 987. The third-order valence-corrected chi connectivity index (χ3v) is 4.93. The highest BCUT2D eigenvalue weighted by molar-refractivity contribution is 5.99. The van der Waals surface area contributed by atoms with Gasteiger partial charge in [-0.1, -0.05) is 0 Å². The molecule has 4 rings (SSSR count). The summed E-state index contributed by atoms with van der Waals surface area (Å²) in [6, 6.07) is 13.4. The molecule has 27 heavy (non-hydrogen) atoms. The minimum atomic E-state index is -0.204. The van der Waals surface area contributed by atoms with Gasteiger partial charge in [-0.2, -0.15) is 5.10 Å². The summed E-state index contributed by atoms with van der Waals surface area (Å²) in [4.78, 5) is 15.9. The van der Waals surface area contributed by atoms with Crippen LogP contribution in [0.3, 0.4) is 0 Å². The molecule has 3 aromatic rings. The first-order valence-electron chi connectivity index (χ1n) is 9.44. The predicted octanol–water partition coefficient (Wildman–Crippen LogP) is 4.21. The quantitative estimate of drug-likeness (QED) is 0.528. The van der Waals surface area contributed by atoms with E-state index >= 15 is 0 Å². The average Bonchev–Trinajstić information content (AvgIpc) is 3.07. The molecule has 1 aliphatic rings. The van der Waals surface area contributed by atoms with Gasteiger partial charge in [0.15, 0.2) is 0 Å². The molecule has 0 saturated heterocycles. The lowest BCUT2D eigenvalue weighted by molar-refractivity contribution is 0.0955. The molecule has 5 nitrogen and oxygen atoms in total. The molecule has 0 spiro atoms. The second-order valence-corrected chi connectivity index (χ2v) is 6.75. The van der Waals surface area contributed by atoms with E-state index in [1.54, 1.807) is 6.21 Å². The molecule has 0 atom stereocenters. The number of nitrogens with one attached hydrogen (secondary N) is 2. The number of aryl methyl sites for hydroxylation is 2. The second kappa shape index (κ2) is 7.66. The molecule has 5 heteroatoms. The van der Waals surface area contributed by atoms with E-state index in [1.807, 2.05) is 49.4 Å². The first-order valence-corrected chi connectivity index (χ1v) is 9.44. The van der Waals surface area contributed by atoms with Gasteiger partial charge in [-0.05, 0) is 86.2 Å². The summed E-state index contributed by atoms with van der Waals surface area (Å²) >= 11 is 0. The van der Waals surface area contributed by atoms with Crippen LogP contribution in [0.25, 0.3) is 10.9 Å². The number of hydrazone groups is 1. The molecule has 1 aliphatic carbocycles. The van der Waals surface area contributed by atoms with Crippen molar-refractivity contribution < 1.29 is 9.53 Å². The number of aromatic nitrogens is 1. The van der Waals surface area contributed by atoms with Crippen LogP contribution in [0, 0.1) is 0 Å². The zero-order chi connectivity index (χ0) is 18.6. The van der Waals surface area contributed by atoms with Gasteiger partial charge in [-0.3, -0.25) is 4.79 Å². The van der Waals surface area contributed by atoms with Crippen molar-refractivity contribution in [3.63, 3.8) is 0 Å². The maximum atomic E-state index is 12.5. The van der Waals surface area contributed by atoms with E-state index < -0.39 is 0 Å². The van der Waals surface area contributed by atoms with E-state index in [2.05, 4.69) is 15.5 Å². The molecule has 0 saturated carbocycles. The molecule has 0 bridgehead atoms. The van der Waals surface area contributed by atoms with Gasteiger partial charge in [0.05, 0.1) is 12.8 Å². The highest BCUT2D eigenvalue weighted by Gasteiger charge is 2.16. The molecule has 0 unspecified atom stereocenters. The zero-order valence-electron chi connectivity index (χ0n) is 15.4. The highest BCUT2D eigenvalue weighted by atomic mass is 16.5. The highest BCUT2D eigenvalue weighted by Crippen LogP contribution is 2.29. The number of carbonyl (C=O) groups excluding carboxylic acids is 1. The van der Waals surface area contributed by atoms with Crippen LogP contribution in [0.15, 0.2) is 47.6 Å². The number of amides is 1. The molecule has 1 amide bonds. The fourth-order valence-electron chi connectivity index (χ4n) is 3.59. The third-order valence-electron chi connectivity index (χ3n) is 4.93. The summed E-state index contributed by atoms with van der Waals surface area (Å²) < 4.78 is 5.41. The van der Waals surface area contributed by atoms with Crippen LogP contribution in [0.4, 0.5) is 0 Å². The first-order chi connectivity index (χ1) is 13.2. The number of H-pyrrole nitrogens is 1. The Morgan fingerprint density at radius 3 is 2.81 bits per heavy atom. The molecule has 138 valence electrons. The summed E-state index contributed by atoms with van der Waals surface area (Å²) in [6.07, 6.45) is 6.24. The number of benzene rings is 2. The van der Waals surface area contributed by atoms with Gasteiger partial charge in [0.2, 0.25) is 0 Å². The van der Waals surface area contributed by atoms with Crippen molar-refractivity contribution in [2.45, 2.75) is 32.6 Å². The van der Waals surface area contributed by atoms with Gasteiger partial charge in [0.25, 0.3) is 5.91 Å². The fourth-order valence-corrected chi connectivity index (χ4v) is 3.59. The van der Waals surface area contributed by atoms with Crippen molar-refractivity contribution in [2.24, 2.45) is 5.10 Å². The Balaban J connectivity index is 1.46. The van der Waals surface area contributed by atoms with Crippen LogP contribution in [-0.2, 0) is 12.8 Å². The van der Waals surface area contributed by atoms with E-state index in [4.69, 9.17) is 4.74 Å². The zero-order valence-corrected chi connectivity index (χ0v) is 15.4. The van der Waals surface area contributed by atoms with Crippen LogP contribution in [0.1, 0.15) is 46.9 Å². The van der Waals surface area contributed by atoms with Crippen LogP contribution in [0.2, 0.25) is 0 Å². The molecular weight excluding hydrogens is 338 g/mol. The maximum absolute atomic E-state index is 12.5. The van der Waals surface area contributed by atoms with E-state index in [-0.39, 0.29) is 5.91 Å². The molecule has 1 aromatic heterocycles. The molecular formula is C22H23N3O2. The average molecular weight is 361 g/mol. The number of hydrogen-bond acceptors (Lipinski definition) is 3. The topological polar surface area (TPSA) is 66.5 Å². The Morgan fingerprint density at radius 1 is 1.19 bits per heavy atom. The van der Waals surface area contributed by atoms with Crippen LogP contribution in [-0.4, -0.2) is 23.7 Å². The fraction of sp³-hybridized carbons (Fsp3) is 0.273. The predicted molar refractivity (Wildman–Crippen MR) is 108 cm³/mol. The van der Waals surface area contributed by atoms with Crippen molar-refractivity contribution in [3.8, 4) is 5.75 Å². The van der Waals surface area contributed by atoms with Gasteiger partial charge in [0.1, 0.15) is 5.75 Å². The van der Waals surface area contributed by atoms with Crippen molar-refractivity contribution in [1.29, 1.82) is 0 Å². The number of ether oxygens (including phenoxy) is 1. The van der Waals surface area contributed by atoms with E-state index in [0.29, 0.717) is 12.2 Å². The maximum Gasteiger partial charge on any atom is 0.271 e. The Labute approximate surface area is 158 Å². The van der Waals surface area contributed by atoms with Crippen LogP contribution in [0.5, 0.6) is 5.75 Å². The lowest BCUT2D eigenvalue weighted by Gasteiger charge is -2.10. The SMILES string of the molecule is CCOc1ccc(/C=N/NC(=O)c2ccc3[nH]c4c(c3c2)CCCC4)cc1. The van der Waals surface area contributed by atoms with Gasteiger partial charge < -0.3 is 9.72 Å². The smallest absolute Gasteiger partial charge is 0.271 e. The molecule has 0 aliphatic heterocycles. The van der Waals surface area contributed by atoms with Gasteiger partial charge in [-0.25, -0.2) is 5.43 Å². The van der Waals surface area contributed by atoms with Crippen molar-refractivity contribution >= 4 is 23.0 Å². The van der Waals surface area contributed by atoms with Crippen molar-refractivity contribution in [3.05, 3.63) is 64.8 Å². The van der Waals surface area contributed by atoms with E-state index in [9.17, 15) is 4.79 Å². The van der Waals surface area contributed by atoms with Crippen LogP contribution < -0.4 is 10.2 Å². The van der Waals surface area contributed by atoms with E-state index in [1.165, 1.54) is 24.1 Å². The number of carbonyl (C=O) groups is 1. The largest absolute Gasteiger partial charge is 0.494 e. The first kappa shape index (κ1) is 17.3. The summed E-state index contributed by atoms with van der Waals surface area (Å²) in [5, 5.41) is 5.24. The molecule has 2 aromatic carbocycles. The molecule has 0 fully saturated rings. The monoisotopic (exact) mass is 361 g/mol. The Kier molecular flexibility index (Phi) is 4.92. The number of aromatic amines is 1. The van der Waals surface area contributed by atoms with Crippen molar-refractivity contribution in [2.75, 3.05) is 6.61 Å². The summed E-state index contributed by atoms with van der Waals surface area (Å²) in [6.45, 7) is 2.59. The molecule has 2 N–H and O–H groups in total. The molecule has 1 heterocycles. The number of nitrogens with zero attached hydrogens (tertiary/aromatic N) is 1. The van der Waals surface area contributed by atoms with Gasteiger partial charge >= 0.3 is 0 Å². The Morgan fingerprint density at radius 2 is 2.00 bits per heavy atom. The second-order valence-electron chi connectivity index (χ2n) is 6.75. The standard InChI is InChI=1S/C22H23N3O2/c1-2-27-17-10-7-15(8-11-17)14-23-25-22(26)16-9-12-21-19(13-16)18-5-3-4-6-20(18)24-21/h7-14,24H,2-6H2,1H3,(H,25,26)/b23-14+. The van der Waals surface area contributed by atoms with Crippen molar-refractivity contribution in [1.82, 2.24) is 10.4 Å². The minimum absolute atomic E-state index is 0.204. The third kappa shape index (κ3) is 3.72. The number of hydrogen-bond donors (Lipinski definition) is 2. The summed E-state index contributed by atoms with van der Waals surface area (Å²) in [7, 11) is 0. The minimum Gasteiger partial charge on any atom is -0.494 e. The van der Waals surface area contributed by atoms with Gasteiger partial charge in [-0.15, -0.1) is 0 Å². The lowest BCUT2D eigenvalue weighted by atomic mass is 9.95. The number of rotatable bonds is 5. The normalized spacial score (nSPS) is 13.7.